The molecule has 2 rings (SSSR count). The van der Waals surface area contributed by atoms with Gasteiger partial charge in [0.1, 0.15) is 17.8 Å². The van der Waals surface area contributed by atoms with Gasteiger partial charge in [0, 0.05) is 12.6 Å². The second-order valence-electron chi connectivity index (χ2n) is 4.22. The van der Waals surface area contributed by atoms with E-state index in [4.69, 9.17) is 4.74 Å². The maximum Gasteiger partial charge on any atom is 0.255 e. The number of ether oxygens (including phenoxy) is 1. The third kappa shape index (κ3) is 3.30. The Balaban J connectivity index is 2.34. The Labute approximate surface area is 119 Å². The number of hydrogen-bond donors (Lipinski definition) is 0. The lowest BCUT2D eigenvalue weighted by Crippen LogP contribution is -2.31. The molecule has 0 aliphatic rings. The van der Waals surface area contributed by atoms with E-state index in [9.17, 15) is 13.6 Å². The highest BCUT2D eigenvalue weighted by Crippen LogP contribution is 2.23. The lowest BCUT2D eigenvalue weighted by molar-refractivity contribution is 0.0620. The Morgan fingerprint density at radius 3 is 2.81 bits per heavy atom. The SMILES string of the molecule is COc1ccc(C(=O)N(C)CC(F)F)cc1-n1cnnn1. The van der Waals surface area contributed by atoms with Gasteiger partial charge in [0.05, 0.1) is 13.7 Å². The minimum atomic E-state index is -2.59. The molecular weight excluding hydrogens is 284 g/mol. The number of rotatable bonds is 5. The molecule has 0 spiro atoms. The van der Waals surface area contributed by atoms with Crippen molar-refractivity contribution >= 4 is 5.91 Å². The summed E-state index contributed by atoms with van der Waals surface area (Å²) in [6, 6.07) is 4.54. The van der Waals surface area contributed by atoms with Crippen LogP contribution in [0.25, 0.3) is 5.69 Å². The first kappa shape index (κ1) is 14.8. The Morgan fingerprint density at radius 1 is 1.48 bits per heavy atom. The molecule has 0 aliphatic heterocycles. The van der Waals surface area contributed by atoms with Crippen LogP contribution in [0.2, 0.25) is 0 Å². The van der Waals surface area contributed by atoms with Crippen LogP contribution in [0.3, 0.4) is 0 Å². The van der Waals surface area contributed by atoms with E-state index in [2.05, 4.69) is 15.5 Å². The van der Waals surface area contributed by atoms with Gasteiger partial charge in [0.2, 0.25) is 0 Å². The Morgan fingerprint density at radius 2 is 2.24 bits per heavy atom. The zero-order chi connectivity index (χ0) is 15.4. The van der Waals surface area contributed by atoms with Crippen molar-refractivity contribution in [3.05, 3.63) is 30.1 Å². The fourth-order valence-electron chi connectivity index (χ4n) is 1.78. The molecule has 0 atom stereocenters. The second-order valence-corrected chi connectivity index (χ2v) is 4.22. The molecule has 0 unspecified atom stereocenters. The molecule has 7 nitrogen and oxygen atoms in total. The third-order valence-electron chi connectivity index (χ3n) is 2.78. The lowest BCUT2D eigenvalue weighted by atomic mass is 10.1. The van der Waals surface area contributed by atoms with Crippen LogP contribution >= 0.6 is 0 Å². The van der Waals surface area contributed by atoms with Crippen molar-refractivity contribution in [1.82, 2.24) is 25.1 Å². The Bertz CT molecular complexity index is 618. The van der Waals surface area contributed by atoms with E-state index in [1.807, 2.05) is 0 Å². The van der Waals surface area contributed by atoms with Crippen molar-refractivity contribution in [1.29, 1.82) is 0 Å². The van der Waals surface area contributed by atoms with Crippen molar-refractivity contribution in [3.63, 3.8) is 0 Å². The summed E-state index contributed by atoms with van der Waals surface area (Å²) in [5.74, 6) is -0.0670. The number of carbonyl (C=O) groups is 1. The molecule has 1 aromatic carbocycles. The molecule has 0 saturated heterocycles. The highest BCUT2D eigenvalue weighted by molar-refractivity contribution is 5.95. The van der Waals surface area contributed by atoms with Gasteiger partial charge >= 0.3 is 0 Å². The van der Waals surface area contributed by atoms with Crippen molar-refractivity contribution in [2.75, 3.05) is 20.7 Å². The highest BCUT2D eigenvalue weighted by Gasteiger charge is 2.18. The van der Waals surface area contributed by atoms with Gasteiger partial charge in [-0.3, -0.25) is 4.79 Å². The molecule has 0 fully saturated rings. The van der Waals surface area contributed by atoms with Gasteiger partial charge < -0.3 is 9.64 Å². The zero-order valence-electron chi connectivity index (χ0n) is 11.4. The molecule has 0 radical (unpaired) electrons. The van der Waals surface area contributed by atoms with E-state index in [1.165, 1.54) is 37.3 Å². The molecule has 112 valence electrons. The molecule has 2 aromatic rings. The van der Waals surface area contributed by atoms with Crippen LogP contribution < -0.4 is 4.74 Å². The van der Waals surface area contributed by atoms with Crippen molar-refractivity contribution in [2.24, 2.45) is 0 Å². The van der Waals surface area contributed by atoms with Crippen molar-refractivity contribution < 1.29 is 18.3 Å². The first-order valence-electron chi connectivity index (χ1n) is 5.98. The Hall–Kier alpha value is -2.58. The van der Waals surface area contributed by atoms with Gasteiger partial charge in [-0.15, -0.1) is 5.10 Å². The first-order chi connectivity index (χ1) is 10.0. The summed E-state index contributed by atoms with van der Waals surface area (Å²) >= 11 is 0. The van der Waals surface area contributed by atoms with Gasteiger partial charge in [-0.1, -0.05) is 0 Å². The largest absolute Gasteiger partial charge is 0.494 e. The summed E-state index contributed by atoms with van der Waals surface area (Å²) in [6.45, 7) is -0.634. The maximum atomic E-state index is 12.3. The number of carbonyl (C=O) groups excluding carboxylic acids is 1. The van der Waals surface area contributed by atoms with E-state index in [-0.39, 0.29) is 5.56 Å². The van der Waals surface area contributed by atoms with Gasteiger partial charge in [-0.25, -0.2) is 8.78 Å². The normalized spacial score (nSPS) is 10.7. The summed E-state index contributed by atoms with van der Waals surface area (Å²) in [5.41, 5.74) is 0.684. The van der Waals surface area contributed by atoms with Gasteiger partial charge in [-0.2, -0.15) is 4.68 Å². The summed E-state index contributed by atoms with van der Waals surface area (Å²) in [4.78, 5) is 13.0. The number of methoxy groups -OCH3 is 1. The van der Waals surface area contributed by atoms with Crippen molar-refractivity contribution in [2.45, 2.75) is 6.43 Å². The molecule has 0 saturated carbocycles. The van der Waals surface area contributed by atoms with Crippen LogP contribution in [0.4, 0.5) is 8.78 Å². The molecular formula is C12H13F2N5O2. The van der Waals surface area contributed by atoms with Gasteiger partial charge in [0.25, 0.3) is 12.3 Å². The fraction of sp³-hybridized carbons (Fsp3) is 0.333. The number of amides is 1. The minimum absolute atomic E-state index is 0.240. The maximum absolute atomic E-state index is 12.3. The molecule has 0 aliphatic carbocycles. The smallest absolute Gasteiger partial charge is 0.255 e. The average molecular weight is 297 g/mol. The number of alkyl halides is 2. The van der Waals surface area contributed by atoms with E-state index in [1.54, 1.807) is 6.07 Å². The van der Waals surface area contributed by atoms with Crippen LogP contribution in [-0.2, 0) is 0 Å². The van der Waals surface area contributed by atoms with Crippen LogP contribution in [0.15, 0.2) is 24.5 Å². The molecule has 1 heterocycles. The summed E-state index contributed by atoms with van der Waals surface area (Å²) < 4.78 is 31.2. The number of hydrogen-bond acceptors (Lipinski definition) is 5. The summed E-state index contributed by atoms with van der Waals surface area (Å²) in [6.07, 6.45) is -1.24. The summed E-state index contributed by atoms with van der Waals surface area (Å²) in [5, 5.41) is 10.7. The number of aromatic nitrogens is 4. The Kier molecular flexibility index (Phi) is 4.41. The van der Waals surface area contributed by atoms with E-state index in [0.29, 0.717) is 11.4 Å². The topological polar surface area (TPSA) is 73.1 Å². The van der Waals surface area contributed by atoms with E-state index < -0.39 is 18.9 Å². The molecule has 9 heteroatoms. The minimum Gasteiger partial charge on any atom is -0.494 e. The zero-order valence-corrected chi connectivity index (χ0v) is 11.4. The average Bonchev–Trinajstić information content (AvgIpc) is 2.99. The van der Waals surface area contributed by atoms with E-state index in [0.717, 1.165) is 4.90 Å². The van der Waals surface area contributed by atoms with Crippen LogP contribution in [0, 0.1) is 0 Å². The lowest BCUT2D eigenvalue weighted by Gasteiger charge is -2.17. The molecule has 1 amide bonds. The highest BCUT2D eigenvalue weighted by atomic mass is 19.3. The standard InChI is InChI=1S/C12H13F2N5O2/c1-18(6-11(13)14)12(20)8-3-4-10(21-2)9(5-8)19-7-15-16-17-19/h3-5,7,11H,6H2,1-2H3. The van der Waals surface area contributed by atoms with Gasteiger partial charge in [-0.05, 0) is 28.6 Å². The molecule has 0 bridgehead atoms. The predicted molar refractivity (Wildman–Crippen MR) is 68.7 cm³/mol. The molecule has 0 N–H and O–H groups in total. The fourth-order valence-corrected chi connectivity index (χ4v) is 1.78. The quantitative estimate of drug-likeness (QED) is 0.823. The third-order valence-corrected chi connectivity index (χ3v) is 2.78. The first-order valence-corrected chi connectivity index (χ1v) is 5.98. The van der Waals surface area contributed by atoms with E-state index >= 15 is 0 Å². The second kappa shape index (κ2) is 6.25. The number of benzene rings is 1. The van der Waals surface area contributed by atoms with Crippen molar-refractivity contribution in [3.8, 4) is 11.4 Å². The summed E-state index contributed by atoms with van der Waals surface area (Å²) in [7, 11) is 2.78. The van der Waals surface area contributed by atoms with Crippen LogP contribution in [0.5, 0.6) is 5.75 Å². The number of nitrogens with zero attached hydrogens (tertiary/aromatic N) is 5. The number of tetrazole rings is 1. The molecule has 21 heavy (non-hydrogen) atoms. The molecule has 1 aromatic heterocycles. The van der Waals surface area contributed by atoms with Crippen LogP contribution in [0.1, 0.15) is 10.4 Å². The van der Waals surface area contributed by atoms with Crippen LogP contribution in [-0.4, -0.2) is 58.1 Å². The van der Waals surface area contributed by atoms with Gasteiger partial charge in [0.15, 0.2) is 0 Å². The number of halogens is 2. The predicted octanol–water partition coefficient (Wildman–Crippen LogP) is 1.01. The monoisotopic (exact) mass is 297 g/mol.